The van der Waals surface area contributed by atoms with Gasteiger partial charge in [-0.05, 0) is 41.3 Å². The number of hydrogen-bond donors (Lipinski definition) is 0. The molecule has 0 N–H and O–H groups in total. The quantitative estimate of drug-likeness (QED) is 0.0689. The number of alkyl halides is 2. The third-order valence-electron chi connectivity index (χ3n) is 6.26. The molecule has 0 saturated carbocycles. The summed E-state index contributed by atoms with van der Waals surface area (Å²) in [6.45, 7) is 0. The van der Waals surface area contributed by atoms with Crippen LogP contribution < -0.4 is 0 Å². The van der Waals surface area contributed by atoms with Crippen LogP contribution in [0.5, 0.6) is 0 Å². The van der Waals surface area contributed by atoms with Crippen LogP contribution in [-0.2, 0) is 25.3 Å². The summed E-state index contributed by atoms with van der Waals surface area (Å²) >= 11 is 13.5. The Morgan fingerprint density at radius 2 is 1.05 bits per heavy atom. The molecule has 3 atom stereocenters. The fraction of sp³-hybridized carbons (Fsp3) is 0.219. The molecule has 3 unspecified atom stereocenters. The molecule has 0 heterocycles. The summed E-state index contributed by atoms with van der Waals surface area (Å²) in [5, 5.41) is -0.212. The molecular weight excluding hydrogens is 624 g/mol. The maximum atomic E-state index is 6.96. The van der Waals surface area contributed by atoms with Crippen LogP contribution in [0, 0.1) is 6.16 Å². The van der Waals surface area contributed by atoms with E-state index < -0.39 is 4.87 Å². The van der Waals surface area contributed by atoms with Crippen molar-refractivity contribution in [1.82, 2.24) is 0 Å². The van der Waals surface area contributed by atoms with Crippen LogP contribution >= 0.6 is 41.7 Å². The Balaban J connectivity index is 0.000000255. The van der Waals surface area contributed by atoms with Crippen LogP contribution in [-0.4, -0.2) is 11.5 Å². The minimum atomic E-state index is -0.711. The maximum Gasteiger partial charge on any atom is 0.108 e. The van der Waals surface area contributed by atoms with Crippen molar-refractivity contribution in [2.24, 2.45) is 0 Å². The number of benzene rings is 4. The molecule has 0 fully saturated rings. The first-order chi connectivity index (χ1) is 17.6. The van der Waals surface area contributed by atoms with E-state index in [0.29, 0.717) is 5.92 Å². The van der Waals surface area contributed by atoms with Gasteiger partial charge >= 0.3 is 0 Å². The van der Waals surface area contributed by atoms with Gasteiger partial charge in [0, 0.05) is 31.7 Å². The summed E-state index contributed by atoms with van der Waals surface area (Å²) < 4.78 is 0. The first kappa shape index (κ1) is 32.2. The second-order valence-corrected chi connectivity index (χ2v) is 10.9. The Kier molecular flexibility index (Phi) is 15.3. The van der Waals surface area contributed by atoms with Gasteiger partial charge in [0.25, 0.3) is 0 Å². The van der Waals surface area contributed by atoms with E-state index >= 15 is 0 Å². The van der Waals surface area contributed by atoms with Gasteiger partial charge in [-0.3, -0.25) is 9.24 Å². The summed E-state index contributed by atoms with van der Waals surface area (Å²) in [6, 6.07) is 41.7. The minimum absolute atomic E-state index is 0. The molecule has 0 nitrogen and oxygen atoms in total. The zero-order valence-corrected chi connectivity index (χ0v) is 26.2. The Morgan fingerprint density at radius 3 is 1.41 bits per heavy atom. The maximum absolute atomic E-state index is 6.96. The second kappa shape index (κ2) is 17.5. The zero-order valence-electron chi connectivity index (χ0n) is 20.8. The molecule has 0 saturated heterocycles. The van der Waals surface area contributed by atoms with E-state index in [2.05, 4.69) is 79.1 Å². The predicted octanol–water partition coefficient (Wildman–Crippen LogP) is 9.67. The molecule has 0 aromatic heterocycles. The van der Waals surface area contributed by atoms with Gasteiger partial charge in [0.05, 0.1) is 0 Å². The van der Waals surface area contributed by atoms with Crippen molar-refractivity contribution in [3.05, 3.63) is 150 Å². The van der Waals surface area contributed by atoms with Crippen LogP contribution in [0.4, 0.5) is 0 Å². The number of hydrogen-bond acceptors (Lipinski definition) is 0. The van der Waals surface area contributed by atoms with Crippen LogP contribution in [0.25, 0.3) is 0 Å². The first-order valence-electron chi connectivity index (χ1n) is 12.4. The van der Waals surface area contributed by atoms with Gasteiger partial charge < -0.3 is 6.16 Å². The SMILES string of the molecule is PCCCC(c1ccccc1)c1ccccc1.P[CH-]CC(Cl)C(Cl)(c1ccccc1)c1ccccc1.[Pd]. The van der Waals surface area contributed by atoms with Crippen molar-refractivity contribution < 1.29 is 20.4 Å². The molecule has 0 aliphatic rings. The standard InChI is InChI=1S/C16H16Cl2P.C16H19P.Pd/c17-15(11-12-19)16(18,13-7-3-1-4-8-13)14-9-5-2-6-10-14;17-13-7-12-16(14-8-3-1-4-9-14)15-10-5-2-6-11-15;/h1-10,12,15H,11,19H2;1-6,8-11,16H,7,12-13,17H2;/q-1;;. The number of halogens is 2. The molecule has 0 amide bonds. The first-order valence-corrected chi connectivity index (χ1v) is 14.7. The average molecular weight is 659 g/mol. The second-order valence-electron chi connectivity index (χ2n) is 8.69. The van der Waals surface area contributed by atoms with E-state index in [0.717, 1.165) is 17.5 Å². The van der Waals surface area contributed by atoms with Crippen molar-refractivity contribution in [3.63, 3.8) is 0 Å². The molecule has 37 heavy (non-hydrogen) atoms. The molecule has 0 bridgehead atoms. The van der Waals surface area contributed by atoms with Crippen molar-refractivity contribution in [2.75, 3.05) is 6.16 Å². The third kappa shape index (κ3) is 9.30. The van der Waals surface area contributed by atoms with Gasteiger partial charge in [-0.1, -0.05) is 121 Å². The molecule has 0 spiro atoms. The largest absolute Gasteiger partial charge is 0.307 e. The fourth-order valence-electron chi connectivity index (χ4n) is 4.39. The fourth-order valence-corrected chi connectivity index (χ4v) is 5.77. The Labute approximate surface area is 252 Å². The topological polar surface area (TPSA) is 0 Å². The van der Waals surface area contributed by atoms with E-state index in [1.165, 1.54) is 30.1 Å². The molecule has 0 aliphatic heterocycles. The smallest absolute Gasteiger partial charge is 0.108 e. The summed E-state index contributed by atoms with van der Waals surface area (Å²) in [5.41, 5.74) is 4.90. The summed E-state index contributed by atoms with van der Waals surface area (Å²) in [5.74, 6) is 0.540. The van der Waals surface area contributed by atoms with E-state index in [4.69, 9.17) is 23.2 Å². The Hall–Kier alpha value is -1.02. The minimum Gasteiger partial charge on any atom is -0.307 e. The van der Waals surface area contributed by atoms with Gasteiger partial charge in [0.1, 0.15) is 4.87 Å². The zero-order chi connectivity index (χ0) is 25.6. The van der Waals surface area contributed by atoms with Gasteiger partial charge in [-0.25, -0.2) is 0 Å². The molecular formula is C32H35Cl2P2Pd-. The van der Waals surface area contributed by atoms with Gasteiger partial charge in [-0.15, -0.1) is 32.4 Å². The van der Waals surface area contributed by atoms with Crippen LogP contribution in [0.15, 0.2) is 121 Å². The van der Waals surface area contributed by atoms with E-state index in [9.17, 15) is 0 Å². The molecule has 4 rings (SSSR count). The van der Waals surface area contributed by atoms with Crippen molar-refractivity contribution >= 4 is 41.7 Å². The van der Waals surface area contributed by atoms with Crippen molar-refractivity contribution in [3.8, 4) is 0 Å². The normalized spacial score (nSPS) is 11.7. The Morgan fingerprint density at radius 1 is 0.676 bits per heavy atom. The van der Waals surface area contributed by atoms with Gasteiger partial charge in [0.15, 0.2) is 0 Å². The molecule has 0 radical (unpaired) electrons. The molecule has 5 heteroatoms. The monoisotopic (exact) mass is 657 g/mol. The van der Waals surface area contributed by atoms with Crippen LogP contribution in [0.3, 0.4) is 0 Å². The van der Waals surface area contributed by atoms with Gasteiger partial charge in [0.2, 0.25) is 0 Å². The van der Waals surface area contributed by atoms with Crippen molar-refractivity contribution in [1.29, 1.82) is 0 Å². The Bertz CT molecular complexity index is 1030. The van der Waals surface area contributed by atoms with E-state index in [-0.39, 0.29) is 25.8 Å². The molecule has 198 valence electrons. The predicted molar refractivity (Wildman–Crippen MR) is 166 cm³/mol. The van der Waals surface area contributed by atoms with Crippen LogP contribution in [0.1, 0.15) is 47.4 Å². The average Bonchev–Trinajstić information content (AvgIpc) is 2.95. The molecule has 4 aromatic rings. The molecule has 4 aromatic carbocycles. The van der Waals surface area contributed by atoms with E-state index in [1.54, 1.807) is 0 Å². The summed E-state index contributed by atoms with van der Waals surface area (Å²) in [7, 11) is 5.41. The van der Waals surface area contributed by atoms with Crippen molar-refractivity contribution in [2.45, 2.75) is 35.4 Å². The third-order valence-corrected chi connectivity index (χ3v) is 8.26. The summed E-state index contributed by atoms with van der Waals surface area (Å²) in [4.78, 5) is -0.711. The van der Waals surface area contributed by atoms with Gasteiger partial charge in [-0.2, -0.15) is 6.42 Å². The summed E-state index contributed by atoms with van der Waals surface area (Å²) in [6.07, 6.45) is 6.34. The number of rotatable bonds is 10. The van der Waals surface area contributed by atoms with E-state index in [1.807, 2.05) is 66.8 Å². The van der Waals surface area contributed by atoms with Crippen LogP contribution in [0.2, 0.25) is 0 Å². The molecule has 0 aliphatic carbocycles.